The summed E-state index contributed by atoms with van der Waals surface area (Å²) in [5, 5.41) is 0. The molecule has 3 heteroatoms. The van der Waals surface area contributed by atoms with Crippen LogP contribution in [0.25, 0.3) is 0 Å². The van der Waals surface area contributed by atoms with Crippen molar-refractivity contribution in [3.63, 3.8) is 0 Å². The first-order chi connectivity index (χ1) is 9.67. The molecule has 1 aromatic rings. The SMILES string of the molecule is CCC(=O)N1CC[C@@]2(c3ccccc3)CCN(C)[C@H]2C1. The fraction of sp³-hybridized carbons (Fsp3) is 0.588. The summed E-state index contributed by atoms with van der Waals surface area (Å²) in [7, 11) is 2.20. The molecule has 2 atom stereocenters. The molecule has 0 radical (unpaired) electrons. The summed E-state index contributed by atoms with van der Waals surface area (Å²) in [5.41, 5.74) is 1.71. The van der Waals surface area contributed by atoms with E-state index in [1.54, 1.807) is 0 Å². The number of benzene rings is 1. The molecule has 0 aromatic heterocycles. The predicted octanol–water partition coefficient (Wildman–Crippen LogP) is 2.27. The Morgan fingerprint density at radius 3 is 2.65 bits per heavy atom. The third-order valence-corrected chi connectivity index (χ3v) is 5.31. The molecule has 1 aromatic carbocycles. The first-order valence-corrected chi connectivity index (χ1v) is 7.71. The number of hydrogen-bond donors (Lipinski definition) is 0. The second kappa shape index (κ2) is 5.21. The first kappa shape index (κ1) is 13.6. The van der Waals surface area contributed by atoms with Gasteiger partial charge in [0.1, 0.15) is 0 Å². The zero-order chi connectivity index (χ0) is 14.2. The highest BCUT2D eigenvalue weighted by molar-refractivity contribution is 5.76. The molecule has 0 N–H and O–H groups in total. The van der Waals surface area contributed by atoms with Crippen LogP contribution in [0.15, 0.2) is 30.3 Å². The van der Waals surface area contributed by atoms with Crippen LogP contribution in [0, 0.1) is 0 Å². The maximum atomic E-state index is 12.0. The lowest BCUT2D eigenvalue weighted by Gasteiger charge is -2.46. The molecule has 0 saturated carbocycles. The van der Waals surface area contributed by atoms with E-state index in [0.29, 0.717) is 18.4 Å². The molecule has 2 fully saturated rings. The quantitative estimate of drug-likeness (QED) is 0.824. The summed E-state index contributed by atoms with van der Waals surface area (Å²) in [6, 6.07) is 11.4. The number of carbonyl (C=O) groups excluding carboxylic acids is 1. The highest BCUT2D eigenvalue weighted by atomic mass is 16.2. The molecular formula is C17H24N2O. The lowest BCUT2D eigenvalue weighted by Crippen LogP contribution is -2.56. The van der Waals surface area contributed by atoms with Gasteiger partial charge in [-0.15, -0.1) is 0 Å². The molecule has 2 heterocycles. The molecular weight excluding hydrogens is 248 g/mol. The summed E-state index contributed by atoms with van der Waals surface area (Å²) in [4.78, 5) is 16.5. The monoisotopic (exact) mass is 272 g/mol. The van der Waals surface area contributed by atoms with Crippen molar-refractivity contribution in [1.82, 2.24) is 9.80 Å². The van der Waals surface area contributed by atoms with E-state index in [4.69, 9.17) is 0 Å². The third-order valence-electron chi connectivity index (χ3n) is 5.31. The standard InChI is InChI=1S/C17H24N2O/c1-3-16(20)19-12-10-17(14-7-5-4-6-8-14)9-11-18(2)15(17)13-19/h4-8,15H,3,9-13H2,1-2H3/t15-,17+/m0/s1. The van der Waals surface area contributed by atoms with Crippen molar-refractivity contribution in [2.24, 2.45) is 0 Å². The average Bonchev–Trinajstić information content (AvgIpc) is 2.85. The summed E-state index contributed by atoms with van der Waals surface area (Å²) in [6.07, 6.45) is 2.93. The van der Waals surface area contributed by atoms with E-state index >= 15 is 0 Å². The van der Waals surface area contributed by atoms with Gasteiger partial charge in [0.15, 0.2) is 0 Å². The molecule has 2 saturated heterocycles. The minimum Gasteiger partial charge on any atom is -0.341 e. The average molecular weight is 272 g/mol. The lowest BCUT2D eigenvalue weighted by molar-refractivity contribution is -0.133. The van der Waals surface area contributed by atoms with Crippen LogP contribution in [0.5, 0.6) is 0 Å². The Bertz CT molecular complexity index is 487. The van der Waals surface area contributed by atoms with Crippen molar-refractivity contribution in [3.05, 3.63) is 35.9 Å². The molecule has 20 heavy (non-hydrogen) atoms. The van der Waals surface area contributed by atoms with Gasteiger partial charge in [-0.05, 0) is 32.0 Å². The maximum Gasteiger partial charge on any atom is 0.222 e. The number of likely N-dealkylation sites (tertiary alicyclic amines) is 2. The number of fused-ring (bicyclic) bond motifs is 1. The van der Waals surface area contributed by atoms with E-state index in [1.165, 1.54) is 12.0 Å². The molecule has 3 nitrogen and oxygen atoms in total. The van der Waals surface area contributed by atoms with Crippen molar-refractivity contribution in [2.45, 2.75) is 37.6 Å². The van der Waals surface area contributed by atoms with Gasteiger partial charge in [-0.2, -0.15) is 0 Å². The van der Waals surface area contributed by atoms with Crippen LogP contribution in [0.2, 0.25) is 0 Å². The second-order valence-corrected chi connectivity index (χ2v) is 6.21. The van der Waals surface area contributed by atoms with Gasteiger partial charge in [0.2, 0.25) is 5.91 Å². The highest BCUT2D eigenvalue weighted by Crippen LogP contribution is 2.45. The van der Waals surface area contributed by atoms with Crippen molar-refractivity contribution in [2.75, 3.05) is 26.7 Å². The number of nitrogens with zero attached hydrogens (tertiary/aromatic N) is 2. The van der Waals surface area contributed by atoms with Gasteiger partial charge in [0.25, 0.3) is 0 Å². The van der Waals surface area contributed by atoms with Gasteiger partial charge in [-0.25, -0.2) is 0 Å². The summed E-state index contributed by atoms with van der Waals surface area (Å²) < 4.78 is 0. The summed E-state index contributed by atoms with van der Waals surface area (Å²) in [6.45, 7) is 4.89. The normalized spacial score (nSPS) is 30.3. The zero-order valence-corrected chi connectivity index (χ0v) is 12.5. The fourth-order valence-electron chi connectivity index (χ4n) is 4.06. The smallest absolute Gasteiger partial charge is 0.222 e. The Balaban J connectivity index is 1.90. The lowest BCUT2D eigenvalue weighted by atomic mass is 9.69. The number of likely N-dealkylation sites (N-methyl/N-ethyl adjacent to an activating group) is 1. The molecule has 2 aliphatic heterocycles. The molecule has 108 valence electrons. The van der Waals surface area contributed by atoms with Crippen LogP contribution in [0.4, 0.5) is 0 Å². The van der Waals surface area contributed by atoms with Crippen molar-refractivity contribution in [3.8, 4) is 0 Å². The highest BCUT2D eigenvalue weighted by Gasteiger charge is 2.50. The van der Waals surface area contributed by atoms with Crippen LogP contribution in [0.1, 0.15) is 31.7 Å². The Kier molecular flexibility index (Phi) is 3.55. The molecule has 0 unspecified atom stereocenters. The molecule has 1 amide bonds. The van der Waals surface area contributed by atoms with Crippen LogP contribution in [0.3, 0.4) is 0 Å². The Morgan fingerprint density at radius 2 is 1.95 bits per heavy atom. The second-order valence-electron chi connectivity index (χ2n) is 6.21. The van der Waals surface area contributed by atoms with E-state index < -0.39 is 0 Å². The largest absolute Gasteiger partial charge is 0.341 e. The van der Waals surface area contributed by atoms with Crippen molar-refractivity contribution >= 4 is 5.91 Å². The van der Waals surface area contributed by atoms with Crippen LogP contribution >= 0.6 is 0 Å². The number of rotatable bonds is 2. The number of carbonyl (C=O) groups is 1. The van der Waals surface area contributed by atoms with E-state index in [2.05, 4.69) is 47.2 Å². The topological polar surface area (TPSA) is 23.6 Å². The third kappa shape index (κ3) is 2.05. The van der Waals surface area contributed by atoms with E-state index in [9.17, 15) is 4.79 Å². The van der Waals surface area contributed by atoms with Gasteiger partial charge >= 0.3 is 0 Å². The Morgan fingerprint density at radius 1 is 1.25 bits per heavy atom. The molecule has 0 spiro atoms. The van der Waals surface area contributed by atoms with E-state index in [-0.39, 0.29) is 5.41 Å². The Hall–Kier alpha value is -1.35. The number of amides is 1. The van der Waals surface area contributed by atoms with E-state index in [1.807, 2.05) is 6.92 Å². The fourth-order valence-corrected chi connectivity index (χ4v) is 4.06. The maximum absolute atomic E-state index is 12.0. The van der Waals surface area contributed by atoms with E-state index in [0.717, 1.165) is 26.1 Å². The molecule has 2 aliphatic rings. The van der Waals surface area contributed by atoms with Crippen LogP contribution in [-0.2, 0) is 10.2 Å². The van der Waals surface area contributed by atoms with Crippen LogP contribution in [-0.4, -0.2) is 48.4 Å². The minimum absolute atomic E-state index is 0.251. The van der Waals surface area contributed by atoms with Gasteiger partial charge in [-0.3, -0.25) is 4.79 Å². The summed E-state index contributed by atoms with van der Waals surface area (Å²) >= 11 is 0. The number of hydrogen-bond acceptors (Lipinski definition) is 2. The van der Waals surface area contributed by atoms with Crippen LogP contribution < -0.4 is 0 Å². The molecule has 3 rings (SSSR count). The van der Waals surface area contributed by atoms with Gasteiger partial charge in [0, 0.05) is 31.0 Å². The summed E-state index contributed by atoms with van der Waals surface area (Å²) in [5.74, 6) is 0.298. The number of piperidine rings is 1. The van der Waals surface area contributed by atoms with Crippen molar-refractivity contribution in [1.29, 1.82) is 0 Å². The Labute approximate surface area is 121 Å². The molecule has 0 aliphatic carbocycles. The van der Waals surface area contributed by atoms with Crippen molar-refractivity contribution < 1.29 is 4.79 Å². The molecule has 0 bridgehead atoms. The van der Waals surface area contributed by atoms with Gasteiger partial charge in [-0.1, -0.05) is 37.3 Å². The zero-order valence-electron chi connectivity index (χ0n) is 12.5. The van der Waals surface area contributed by atoms with Gasteiger partial charge < -0.3 is 9.80 Å². The minimum atomic E-state index is 0.251. The first-order valence-electron chi connectivity index (χ1n) is 7.71. The predicted molar refractivity (Wildman–Crippen MR) is 80.6 cm³/mol. The van der Waals surface area contributed by atoms with Gasteiger partial charge in [0.05, 0.1) is 0 Å².